The van der Waals surface area contributed by atoms with Gasteiger partial charge >= 0.3 is 5.97 Å². The smallest absolute Gasteiger partial charge is 0.327 e. The molecule has 0 aliphatic carbocycles. The third kappa shape index (κ3) is 3.35. The van der Waals surface area contributed by atoms with Gasteiger partial charge in [-0.15, -0.1) is 0 Å². The minimum atomic E-state index is -4.08. The summed E-state index contributed by atoms with van der Waals surface area (Å²) in [6, 6.07) is 11.4. The summed E-state index contributed by atoms with van der Waals surface area (Å²) in [7, 11) is -2.67. The molecule has 0 aromatic heterocycles. The SMILES string of the molecule is COc1ccccc1N(C(C)C(=O)O)S(=O)(=O)c1ccc(C)cc1. The lowest BCUT2D eigenvalue weighted by Crippen LogP contribution is -2.43. The van der Waals surface area contributed by atoms with Gasteiger partial charge in [0, 0.05) is 0 Å². The largest absolute Gasteiger partial charge is 0.495 e. The Kier molecular flexibility index (Phi) is 5.14. The van der Waals surface area contributed by atoms with Crippen LogP contribution in [-0.2, 0) is 14.8 Å². The van der Waals surface area contributed by atoms with E-state index in [0.717, 1.165) is 9.87 Å². The summed E-state index contributed by atoms with van der Waals surface area (Å²) in [5, 5.41) is 9.38. The predicted molar refractivity (Wildman–Crippen MR) is 90.9 cm³/mol. The highest BCUT2D eigenvalue weighted by molar-refractivity contribution is 7.93. The van der Waals surface area contributed by atoms with Crippen molar-refractivity contribution in [2.45, 2.75) is 24.8 Å². The van der Waals surface area contributed by atoms with E-state index >= 15 is 0 Å². The van der Waals surface area contributed by atoms with Crippen LogP contribution >= 0.6 is 0 Å². The van der Waals surface area contributed by atoms with Gasteiger partial charge < -0.3 is 9.84 Å². The van der Waals surface area contributed by atoms with Gasteiger partial charge in [-0.05, 0) is 38.1 Å². The van der Waals surface area contributed by atoms with Gasteiger partial charge in [-0.25, -0.2) is 17.5 Å². The van der Waals surface area contributed by atoms with E-state index in [1.165, 1.54) is 32.2 Å². The molecule has 0 aliphatic rings. The maximum Gasteiger partial charge on any atom is 0.327 e. The first-order chi connectivity index (χ1) is 11.3. The molecule has 0 radical (unpaired) electrons. The summed E-state index contributed by atoms with van der Waals surface area (Å²) in [5.41, 5.74) is 1.08. The Labute approximate surface area is 141 Å². The Bertz CT molecular complexity index is 830. The van der Waals surface area contributed by atoms with Gasteiger partial charge in [-0.3, -0.25) is 0 Å². The number of nitrogens with zero attached hydrogens (tertiary/aromatic N) is 1. The number of hydrogen-bond donors (Lipinski definition) is 1. The lowest BCUT2D eigenvalue weighted by molar-refractivity contribution is -0.137. The van der Waals surface area contributed by atoms with Crippen LogP contribution in [0.5, 0.6) is 5.75 Å². The molecule has 6 nitrogen and oxygen atoms in total. The summed E-state index contributed by atoms with van der Waals surface area (Å²) < 4.78 is 32.2. The molecule has 24 heavy (non-hydrogen) atoms. The Morgan fingerprint density at radius 3 is 2.25 bits per heavy atom. The van der Waals surface area contributed by atoms with Crippen molar-refractivity contribution < 1.29 is 23.1 Å². The summed E-state index contributed by atoms with van der Waals surface area (Å²) >= 11 is 0. The zero-order valence-electron chi connectivity index (χ0n) is 13.6. The number of anilines is 1. The number of sulfonamides is 1. The zero-order chi connectivity index (χ0) is 17.9. The second kappa shape index (κ2) is 6.92. The Balaban J connectivity index is 2.66. The number of ether oxygens (including phenoxy) is 1. The second-order valence-electron chi connectivity index (χ2n) is 5.30. The lowest BCUT2D eigenvalue weighted by Gasteiger charge is -2.29. The van der Waals surface area contributed by atoms with Crippen LogP contribution in [0.15, 0.2) is 53.4 Å². The third-order valence-corrected chi connectivity index (χ3v) is 5.51. The molecule has 0 fully saturated rings. The highest BCUT2D eigenvalue weighted by Crippen LogP contribution is 2.34. The van der Waals surface area contributed by atoms with E-state index in [0.29, 0.717) is 0 Å². The third-order valence-electron chi connectivity index (χ3n) is 3.61. The first kappa shape index (κ1) is 17.8. The molecule has 1 atom stereocenters. The van der Waals surface area contributed by atoms with Crippen molar-refractivity contribution in [3.63, 3.8) is 0 Å². The lowest BCUT2D eigenvalue weighted by atomic mass is 10.2. The number of benzene rings is 2. The summed E-state index contributed by atoms with van der Waals surface area (Å²) in [5.74, 6) is -0.974. The molecular formula is C17H19NO5S. The number of carboxylic acids is 1. The molecule has 0 heterocycles. The quantitative estimate of drug-likeness (QED) is 0.867. The van der Waals surface area contributed by atoms with Crippen molar-refractivity contribution in [1.29, 1.82) is 0 Å². The topological polar surface area (TPSA) is 83.9 Å². The van der Waals surface area contributed by atoms with Crippen molar-refractivity contribution in [1.82, 2.24) is 0 Å². The highest BCUT2D eigenvalue weighted by atomic mass is 32.2. The van der Waals surface area contributed by atoms with Crippen molar-refractivity contribution in [3.05, 3.63) is 54.1 Å². The summed E-state index contributed by atoms with van der Waals surface area (Å²) in [6.45, 7) is 3.16. The molecule has 2 aromatic rings. The summed E-state index contributed by atoms with van der Waals surface area (Å²) in [6.07, 6.45) is 0. The molecule has 0 saturated heterocycles. The van der Waals surface area contributed by atoms with E-state index in [1.807, 2.05) is 6.92 Å². The van der Waals surface area contributed by atoms with Crippen LogP contribution in [0.25, 0.3) is 0 Å². The van der Waals surface area contributed by atoms with Gasteiger partial charge in [0.2, 0.25) is 0 Å². The van der Waals surface area contributed by atoms with E-state index in [4.69, 9.17) is 4.74 Å². The number of para-hydroxylation sites is 2. The van der Waals surface area contributed by atoms with Crippen LogP contribution in [-0.4, -0.2) is 32.6 Å². The Morgan fingerprint density at radius 1 is 1.12 bits per heavy atom. The minimum Gasteiger partial charge on any atom is -0.495 e. The molecule has 2 rings (SSSR count). The molecule has 0 aliphatic heterocycles. The monoisotopic (exact) mass is 349 g/mol. The Morgan fingerprint density at radius 2 is 1.71 bits per heavy atom. The average Bonchev–Trinajstić information content (AvgIpc) is 2.55. The van der Waals surface area contributed by atoms with Crippen LogP contribution in [0.2, 0.25) is 0 Å². The first-order valence-electron chi connectivity index (χ1n) is 7.26. The maximum atomic E-state index is 13.1. The number of hydrogen-bond acceptors (Lipinski definition) is 4. The van der Waals surface area contributed by atoms with E-state index in [-0.39, 0.29) is 16.3 Å². The number of methoxy groups -OCH3 is 1. The molecular weight excluding hydrogens is 330 g/mol. The molecule has 0 bridgehead atoms. The molecule has 128 valence electrons. The number of carbonyl (C=O) groups is 1. The van der Waals surface area contributed by atoms with E-state index in [1.54, 1.807) is 30.3 Å². The van der Waals surface area contributed by atoms with Crippen LogP contribution in [0.4, 0.5) is 5.69 Å². The van der Waals surface area contributed by atoms with Crippen LogP contribution in [0.1, 0.15) is 12.5 Å². The number of carboxylic acid groups (broad SMARTS) is 1. The van der Waals surface area contributed by atoms with Crippen molar-refractivity contribution in [3.8, 4) is 5.75 Å². The molecule has 0 amide bonds. The second-order valence-corrected chi connectivity index (χ2v) is 7.11. The standard InChI is InChI=1S/C17H19NO5S/c1-12-8-10-14(11-9-12)24(21,22)18(13(2)17(19)20)15-6-4-5-7-16(15)23-3/h4-11,13H,1-3H3,(H,19,20). The van der Waals surface area contributed by atoms with Crippen LogP contribution in [0.3, 0.4) is 0 Å². The van der Waals surface area contributed by atoms with Crippen LogP contribution < -0.4 is 9.04 Å². The fraction of sp³-hybridized carbons (Fsp3) is 0.235. The molecule has 1 unspecified atom stereocenters. The molecule has 0 spiro atoms. The zero-order valence-corrected chi connectivity index (χ0v) is 14.4. The van der Waals surface area contributed by atoms with E-state index in [9.17, 15) is 18.3 Å². The first-order valence-corrected chi connectivity index (χ1v) is 8.70. The number of rotatable bonds is 6. The van der Waals surface area contributed by atoms with Gasteiger partial charge in [0.1, 0.15) is 11.8 Å². The van der Waals surface area contributed by atoms with Crippen LogP contribution in [0, 0.1) is 6.92 Å². The van der Waals surface area contributed by atoms with Gasteiger partial charge in [0.15, 0.2) is 0 Å². The maximum absolute atomic E-state index is 13.1. The molecule has 2 aromatic carbocycles. The number of aryl methyl sites for hydroxylation is 1. The van der Waals surface area contributed by atoms with Gasteiger partial charge in [-0.1, -0.05) is 29.8 Å². The van der Waals surface area contributed by atoms with Crippen molar-refractivity contribution in [2.75, 3.05) is 11.4 Å². The molecule has 1 N–H and O–H groups in total. The predicted octanol–water partition coefficient (Wildman–Crippen LogP) is 2.67. The van der Waals surface area contributed by atoms with E-state index < -0.39 is 22.0 Å². The minimum absolute atomic E-state index is 0.0205. The Hall–Kier alpha value is -2.54. The normalized spacial score (nSPS) is 12.5. The van der Waals surface area contributed by atoms with Gasteiger partial charge in [0.05, 0.1) is 17.7 Å². The number of aliphatic carboxylic acids is 1. The van der Waals surface area contributed by atoms with E-state index in [2.05, 4.69) is 0 Å². The van der Waals surface area contributed by atoms with Gasteiger partial charge in [-0.2, -0.15) is 0 Å². The van der Waals surface area contributed by atoms with Crippen molar-refractivity contribution >= 4 is 21.7 Å². The van der Waals surface area contributed by atoms with Crippen molar-refractivity contribution in [2.24, 2.45) is 0 Å². The van der Waals surface area contributed by atoms with Gasteiger partial charge in [0.25, 0.3) is 10.0 Å². The fourth-order valence-corrected chi connectivity index (χ4v) is 3.91. The summed E-state index contributed by atoms with van der Waals surface area (Å²) in [4.78, 5) is 11.5. The highest BCUT2D eigenvalue weighted by Gasteiger charge is 2.34. The fourth-order valence-electron chi connectivity index (χ4n) is 2.28. The molecule has 7 heteroatoms. The molecule has 0 saturated carbocycles. The average molecular weight is 349 g/mol.